The van der Waals surface area contributed by atoms with E-state index < -0.39 is 0 Å². The fraction of sp³-hybridized carbons (Fsp3) is 0.542. The predicted molar refractivity (Wildman–Crippen MR) is 114 cm³/mol. The molecule has 0 unspecified atom stereocenters. The Labute approximate surface area is 187 Å². The molecular formula is C24H36INO2. The summed E-state index contributed by atoms with van der Waals surface area (Å²) in [5.41, 5.74) is 5.82. The number of unbranched alkanes of at least 4 members (excludes halogenated alkanes) is 5. The first-order chi connectivity index (χ1) is 13.1. The Hall–Kier alpha value is -1.30. The lowest BCUT2D eigenvalue weighted by Crippen LogP contribution is -3.00. The number of halogens is 1. The van der Waals surface area contributed by atoms with Crippen LogP contribution in [-0.4, -0.2) is 6.61 Å². The second-order valence-corrected chi connectivity index (χ2v) is 7.41. The summed E-state index contributed by atoms with van der Waals surface area (Å²) in [6.45, 7) is 12.3. The summed E-state index contributed by atoms with van der Waals surface area (Å²) in [6, 6.07) is 4.41. The quantitative estimate of drug-likeness (QED) is 0.156. The average Bonchev–Trinajstić information content (AvgIpc) is 2.98. The van der Waals surface area contributed by atoms with Gasteiger partial charge in [-0.05, 0) is 63.0 Å². The minimum Gasteiger partial charge on any atom is -1.00 e. The summed E-state index contributed by atoms with van der Waals surface area (Å²) in [5, 5.41) is 0. The minimum absolute atomic E-state index is 0. The van der Waals surface area contributed by atoms with Crippen molar-refractivity contribution in [3.8, 4) is 0 Å². The first-order valence-corrected chi connectivity index (χ1v) is 10.5. The van der Waals surface area contributed by atoms with Crippen LogP contribution >= 0.6 is 0 Å². The van der Waals surface area contributed by atoms with Crippen molar-refractivity contribution < 1.29 is 37.7 Å². The number of rotatable bonds is 11. The Morgan fingerprint density at radius 1 is 1.04 bits per heavy atom. The highest BCUT2D eigenvalue weighted by atomic mass is 127. The lowest BCUT2D eigenvalue weighted by atomic mass is 10.1. The number of oxazole rings is 1. The Morgan fingerprint density at radius 2 is 1.71 bits per heavy atom. The van der Waals surface area contributed by atoms with Gasteiger partial charge >= 0.3 is 5.89 Å². The number of hydrogen-bond acceptors (Lipinski definition) is 2. The molecule has 28 heavy (non-hydrogen) atoms. The van der Waals surface area contributed by atoms with Gasteiger partial charge in [-0.2, -0.15) is 4.57 Å². The Balaban J connectivity index is 0.00000392. The molecule has 0 spiro atoms. The van der Waals surface area contributed by atoms with Crippen LogP contribution in [-0.2, 0) is 11.3 Å². The molecule has 0 aliphatic heterocycles. The van der Waals surface area contributed by atoms with E-state index in [1.165, 1.54) is 55.2 Å². The maximum atomic E-state index is 6.19. The zero-order valence-corrected chi connectivity index (χ0v) is 20.3. The summed E-state index contributed by atoms with van der Waals surface area (Å²) >= 11 is 0. The molecule has 0 N–H and O–H groups in total. The molecule has 2 rings (SSSR count). The highest BCUT2D eigenvalue weighted by Gasteiger charge is 2.21. The minimum atomic E-state index is 0. The second-order valence-electron chi connectivity index (χ2n) is 7.41. The van der Waals surface area contributed by atoms with E-state index in [0.717, 1.165) is 23.6 Å². The van der Waals surface area contributed by atoms with Gasteiger partial charge in [0.1, 0.15) is 0 Å². The number of allylic oxidation sites excluding steroid dienone is 2. The van der Waals surface area contributed by atoms with Crippen LogP contribution in [0, 0.1) is 13.8 Å². The van der Waals surface area contributed by atoms with Crippen LogP contribution in [0.1, 0.15) is 76.3 Å². The molecule has 0 amide bonds. The van der Waals surface area contributed by atoms with Crippen molar-refractivity contribution in [2.75, 3.05) is 6.61 Å². The molecule has 1 heterocycles. The molecule has 0 atom stereocenters. The van der Waals surface area contributed by atoms with E-state index in [2.05, 4.69) is 49.6 Å². The molecule has 0 saturated heterocycles. The SMILES string of the molecule is CCCCCCCC[n+]1c(C=CC(C)=COCC)oc2cc(C)c(C)cc21.[I-]. The topological polar surface area (TPSA) is 26.2 Å². The lowest BCUT2D eigenvalue weighted by molar-refractivity contribution is -0.678. The zero-order chi connectivity index (χ0) is 19.6. The first-order valence-electron chi connectivity index (χ1n) is 10.5. The third kappa shape index (κ3) is 7.26. The van der Waals surface area contributed by atoms with Crippen molar-refractivity contribution in [3.05, 3.63) is 47.1 Å². The van der Waals surface area contributed by atoms with E-state index in [-0.39, 0.29) is 24.0 Å². The normalized spacial score (nSPS) is 12.0. The van der Waals surface area contributed by atoms with Crippen LogP contribution in [0.4, 0.5) is 0 Å². The van der Waals surface area contributed by atoms with E-state index in [4.69, 9.17) is 9.15 Å². The molecule has 0 saturated carbocycles. The van der Waals surface area contributed by atoms with Gasteiger partial charge in [-0.25, -0.2) is 0 Å². The molecule has 3 nitrogen and oxygen atoms in total. The van der Waals surface area contributed by atoms with Gasteiger partial charge in [0, 0.05) is 12.5 Å². The highest BCUT2D eigenvalue weighted by Crippen LogP contribution is 2.20. The monoisotopic (exact) mass is 497 g/mol. The van der Waals surface area contributed by atoms with Crippen molar-refractivity contribution >= 4 is 17.2 Å². The third-order valence-electron chi connectivity index (χ3n) is 5.01. The standard InChI is InChI=1S/C24H36NO2.HI/c1-6-8-9-10-11-12-15-25-22-16-20(4)21(5)17-23(22)27-24(25)14-13-19(3)18-26-7-2;/h13-14,16-18H,6-12,15H2,1-5H3;1H/q+1;/p-1. The van der Waals surface area contributed by atoms with Crippen LogP contribution in [0.3, 0.4) is 0 Å². The summed E-state index contributed by atoms with van der Waals surface area (Å²) in [5.74, 6) is 0.910. The largest absolute Gasteiger partial charge is 1.00 e. The van der Waals surface area contributed by atoms with E-state index in [1.54, 1.807) is 6.26 Å². The Morgan fingerprint density at radius 3 is 2.43 bits per heavy atom. The number of aromatic nitrogens is 1. The molecule has 4 heteroatoms. The van der Waals surface area contributed by atoms with Gasteiger partial charge in [-0.3, -0.25) is 0 Å². The number of benzene rings is 1. The van der Waals surface area contributed by atoms with E-state index in [0.29, 0.717) is 6.61 Å². The van der Waals surface area contributed by atoms with Crippen molar-refractivity contribution in [1.82, 2.24) is 0 Å². The molecule has 156 valence electrons. The van der Waals surface area contributed by atoms with Gasteiger partial charge in [0.15, 0.2) is 6.54 Å². The van der Waals surface area contributed by atoms with Gasteiger partial charge in [-0.15, -0.1) is 0 Å². The molecule has 2 aromatic rings. The van der Waals surface area contributed by atoms with Crippen LogP contribution in [0.5, 0.6) is 0 Å². The lowest BCUT2D eigenvalue weighted by Gasteiger charge is -2.00. The zero-order valence-electron chi connectivity index (χ0n) is 18.2. The van der Waals surface area contributed by atoms with E-state index in [1.807, 2.05) is 13.8 Å². The van der Waals surface area contributed by atoms with Crippen molar-refractivity contribution in [1.29, 1.82) is 0 Å². The summed E-state index contributed by atoms with van der Waals surface area (Å²) in [4.78, 5) is 0. The number of fused-ring (bicyclic) bond motifs is 1. The fourth-order valence-corrected chi connectivity index (χ4v) is 3.22. The highest BCUT2D eigenvalue weighted by molar-refractivity contribution is 5.72. The van der Waals surface area contributed by atoms with Gasteiger partial charge < -0.3 is 33.1 Å². The van der Waals surface area contributed by atoms with Crippen molar-refractivity contribution in [2.24, 2.45) is 0 Å². The van der Waals surface area contributed by atoms with Gasteiger partial charge in [0.05, 0.1) is 18.9 Å². The molecule has 0 fully saturated rings. The maximum absolute atomic E-state index is 6.19. The smallest absolute Gasteiger partial charge is 0.374 e. The van der Waals surface area contributed by atoms with E-state index in [9.17, 15) is 0 Å². The van der Waals surface area contributed by atoms with Crippen LogP contribution in [0.2, 0.25) is 0 Å². The van der Waals surface area contributed by atoms with Crippen molar-refractivity contribution in [3.63, 3.8) is 0 Å². The number of nitrogens with zero attached hydrogens (tertiary/aromatic N) is 1. The van der Waals surface area contributed by atoms with Crippen LogP contribution < -0.4 is 28.5 Å². The molecule has 0 radical (unpaired) electrons. The molecule has 0 aliphatic carbocycles. The van der Waals surface area contributed by atoms with Gasteiger partial charge in [0.2, 0.25) is 5.58 Å². The Kier molecular flexibility index (Phi) is 11.5. The van der Waals surface area contributed by atoms with Crippen molar-refractivity contribution in [2.45, 2.75) is 79.7 Å². The summed E-state index contributed by atoms with van der Waals surface area (Å²) < 4.78 is 13.9. The summed E-state index contributed by atoms with van der Waals surface area (Å²) in [6.07, 6.45) is 13.7. The Bertz CT molecular complexity index is 789. The number of aryl methyl sites for hydroxylation is 3. The van der Waals surface area contributed by atoms with Gasteiger partial charge in [-0.1, -0.05) is 32.6 Å². The number of ether oxygens (including phenoxy) is 1. The third-order valence-corrected chi connectivity index (χ3v) is 5.01. The molecule has 1 aromatic heterocycles. The maximum Gasteiger partial charge on any atom is 0.374 e. The van der Waals surface area contributed by atoms with Gasteiger partial charge in [0.25, 0.3) is 5.52 Å². The first kappa shape index (κ1) is 24.7. The molecule has 0 aliphatic rings. The average molecular weight is 497 g/mol. The second kappa shape index (κ2) is 13.0. The molecular weight excluding hydrogens is 461 g/mol. The van der Waals surface area contributed by atoms with Crippen LogP contribution in [0.15, 0.2) is 34.5 Å². The van der Waals surface area contributed by atoms with Crippen LogP contribution in [0.25, 0.3) is 17.2 Å². The predicted octanol–water partition coefficient (Wildman–Crippen LogP) is 3.66. The fourth-order valence-electron chi connectivity index (χ4n) is 3.22. The number of hydrogen-bond donors (Lipinski definition) is 0. The van der Waals surface area contributed by atoms with E-state index >= 15 is 0 Å². The molecule has 0 bridgehead atoms. The summed E-state index contributed by atoms with van der Waals surface area (Å²) in [7, 11) is 0. The molecule has 1 aromatic carbocycles.